The van der Waals surface area contributed by atoms with E-state index in [4.69, 9.17) is 10.5 Å². The van der Waals surface area contributed by atoms with Crippen molar-refractivity contribution in [1.82, 2.24) is 9.21 Å². The van der Waals surface area contributed by atoms with Crippen LogP contribution in [-0.4, -0.2) is 73.6 Å². The summed E-state index contributed by atoms with van der Waals surface area (Å²) in [6.45, 7) is 0.138. The number of alkyl halides is 1. The molecule has 3 fully saturated rings. The van der Waals surface area contributed by atoms with E-state index in [0.717, 1.165) is 4.31 Å². The normalized spacial score (nSPS) is 25.2. The summed E-state index contributed by atoms with van der Waals surface area (Å²) in [5.74, 6) is -0.925. The Labute approximate surface area is 162 Å². The number of hydrogen-bond acceptors (Lipinski definition) is 5. The van der Waals surface area contributed by atoms with Gasteiger partial charge in [0.1, 0.15) is 11.3 Å². The van der Waals surface area contributed by atoms with E-state index in [-0.39, 0.29) is 43.3 Å². The fourth-order valence-electron chi connectivity index (χ4n) is 3.87. The third-order valence-corrected chi connectivity index (χ3v) is 7.80. The molecule has 3 heterocycles. The predicted molar refractivity (Wildman–Crippen MR) is 97.6 cm³/mol. The molecule has 10 heteroatoms. The first-order valence-electron chi connectivity index (χ1n) is 9.19. The minimum Gasteiger partial charge on any atom is -0.378 e. The van der Waals surface area contributed by atoms with Crippen molar-refractivity contribution in [1.29, 1.82) is 0 Å². The van der Waals surface area contributed by atoms with E-state index < -0.39 is 32.9 Å². The monoisotopic (exact) mass is 411 g/mol. The van der Waals surface area contributed by atoms with Crippen LogP contribution in [0.4, 0.5) is 4.39 Å². The van der Waals surface area contributed by atoms with Crippen molar-refractivity contribution in [3.05, 3.63) is 35.4 Å². The number of nitrogens with zero attached hydrogens (tertiary/aromatic N) is 2. The summed E-state index contributed by atoms with van der Waals surface area (Å²) in [5.41, 5.74) is 4.04. The first-order valence-corrected chi connectivity index (χ1v) is 10.7. The van der Waals surface area contributed by atoms with Crippen molar-refractivity contribution in [3.8, 4) is 0 Å². The van der Waals surface area contributed by atoms with Crippen LogP contribution in [0.3, 0.4) is 0 Å². The third-order valence-electron chi connectivity index (χ3n) is 5.71. The van der Waals surface area contributed by atoms with Gasteiger partial charge >= 0.3 is 0 Å². The molecule has 1 atom stereocenters. The standard InChI is InChI=1S/C18H22FN3O5S/c19-18(10-21(11-18)28(25,26)14-8-27-9-14)13-4-1-3-12(7-13)17(24)22-6-2-5-15(22)16(20)23/h1,3-4,7,14-15H,2,5-6,8-11H2,(H2,20,23)/t15-/m1/s1. The van der Waals surface area contributed by atoms with Crippen molar-refractivity contribution in [2.75, 3.05) is 32.8 Å². The van der Waals surface area contributed by atoms with Gasteiger partial charge in [-0.1, -0.05) is 12.1 Å². The Morgan fingerprint density at radius 2 is 1.96 bits per heavy atom. The van der Waals surface area contributed by atoms with Gasteiger partial charge < -0.3 is 15.4 Å². The molecule has 0 saturated carbocycles. The first kappa shape index (κ1) is 19.3. The summed E-state index contributed by atoms with van der Waals surface area (Å²) in [6.07, 6.45) is 1.20. The van der Waals surface area contributed by atoms with Crippen molar-refractivity contribution in [2.45, 2.75) is 29.8 Å². The molecule has 0 unspecified atom stereocenters. The molecule has 3 saturated heterocycles. The maximum Gasteiger partial charge on any atom is 0.254 e. The minimum absolute atomic E-state index is 0.138. The summed E-state index contributed by atoms with van der Waals surface area (Å²) >= 11 is 0. The number of carbonyl (C=O) groups excluding carboxylic acids is 2. The second kappa shape index (κ2) is 6.78. The average Bonchev–Trinajstić information content (AvgIpc) is 3.06. The summed E-state index contributed by atoms with van der Waals surface area (Å²) < 4.78 is 46.0. The largest absolute Gasteiger partial charge is 0.378 e. The van der Waals surface area contributed by atoms with E-state index >= 15 is 4.39 Å². The van der Waals surface area contributed by atoms with Crippen LogP contribution in [0.2, 0.25) is 0 Å². The van der Waals surface area contributed by atoms with Gasteiger partial charge in [-0.15, -0.1) is 0 Å². The van der Waals surface area contributed by atoms with E-state index in [9.17, 15) is 18.0 Å². The van der Waals surface area contributed by atoms with Gasteiger partial charge in [-0.05, 0) is 30.5 Å². The summed E-state index contributed by atoms with van der Waals surface area (Å²) in [7, 11) is -3.56. The maximum atomic E-state index is 15.3. The quantitative estimate of drug-likeness (QED) is 0.733. The molecule has 2 N–H and O–H groups in total. The van der Waals surface area contributed by atoms with E-state index in [2.05, 4.69) is 0 Å². The number of amides is 2. The topological polar surface area (TPSA) is 110 Å². The van der Waals surface area contributed by atoms with Crippen LogP contribution in [0.25, 0.3) is 0 Å². The molecule has 0 aromatic heterocycles. The Balaban J connectivity index is 1.50. The van der Waals surface area contributed by atoms with Crippen molar-refractivity contribution < 1.29 is 27.1 Å². The van der Waals surface area contributed by atoms with E-state index in [1.54, 1.807) is 18.2 Å². The lowest BCUT2D eigenvalue weighted by Crippen LogP contribution is -2.62. The molecule has 4 rings (SSSR count). The number of nitrogens with two attached hydrogens (primary N) is 1. The van der Waals surface area contributed by atoms with Crippen molar-refractivity contribution in [3.63, 3.8) is 0 Å². The highest BCUT2D eigenvalue weighted by Gasteiger charge is 2.53. The van der Waals surface area contributed by atoms with E-state index in [1.165, 1.54) is 11.0 Å². The molecule has 2 amide bonds. The highest BCUT2D eigenvalue weighted by molar-refractivity contribution is 7.89. The molecule has 1 aromatic rings. The fourth-order valence-corrected chi connectivity index (χ4v) is 5.60. The molecule has 3 aliphatic heterocycles. The van der Waals surface area contributed by atoms with Crippen LogP contribution in [0.15, 0.2) is 24.3 Å². The molecule has 3 aliphatic rings. The molecule has 1 aromatic carbocycles. The molecule has 0 bridgehead atoms. The second-order valence-electron chi connectivity index (χ2n) is 7.58. The number of likely N-dealkylation sites (tertiary alicyclic amines) is 1. The van der Waals surface area contributed by atoms with Crippen LogP contribution in [0.1, 0.15) is 28.8 Å². The van der Waals surface area contributed by atoms with Crippen LogP contribution in [0, 0.1) is 0 Å². The van der Waals surface area contributed by atoms with Crippen LogP contribution < -0.4 is 5.73 Å². The number of ether oxygens (including phenoxy) is 1. The lowest BCUT2D eigenvalue weighted by atomic mass is 9.89. The van der Waals surface area contributed by atoms with Gasteiger partial charge in [0.2, 0.25) is 15.9 Å². The molecule has 8 nitrogen and oxygen atoms in total. The minimum atomic E-state index is -3.56. The third kappa shape index (κ3) is 3.09. The maximum absolute atomic E-state index is 15.3. The zero-order valence-corrected chi connectivity index (χ0v) is 16.0. The lowest BCUT2D eigenvalue weighted by molar-refractivity contribution is -0.121. The van der Waals surface area contributed by atoms with Crippen LogP contribution >= 0.6 is 0 Å². The van der Waals surface area contributed by atoms with Gasteiger partial charge in [0.25, 0.3) is 5.91 Å². The lowest BCUT2D eigenvalue weighted by Gasteiger charge is -2.46. The molecule has 28 heavy (non-hydrogen) atoms. The second-order valence-corrected chi connectivity index (χ2v) is 9.79. The Morgan fingerprint density at radius 3 is 2.57 bits per heavy atom. The molecule has 152 valence electrons. The SMILES string of the molecule is NC(=O)[C@H]1CCCN1C(=O)c1cccc(C2(F)CN(S(=O)(=O)C3COC3)C2)c1. The predicted octanol–water partition coefficient (Wildman–Crippen LogP) is -0.0145. The average molecular weight is 411 g/mol. The Bertz CT molecular complexity index is 912. The number of primary amides is 1. The number of benzene rings is 1. The van der Waals surface area contributed by atoms with E-state index in [0.29, 0.717) is 19.4 Å². The zero-order chi connectivity index (χ0) is 20.1. The highest BCUT2D eigenvalue weighted by atomic mass is 32.2. The Hall–Kier alpha value is -2.04. The summed E-state index contributed by atoms with van der Waals surface area (Å²) in [4.78, 5) is 25.7. The summed E-state index contributed by atoms with van der Waals surface area (Å²) in [5, 5.41) is -0.606. The fraction of sp³-hybridized carbons (Fsp3) is 0.556. The first-order chi connectivity index (χ1) is 13.2. The smallest absolute Gasteiger partial charge is 0.254 e. The van der Waals surface area contributed by atoms with E-state index in [1.807, 2.05) is 0 Å². The van der Waals surface area contributed by atoms with Gasteiger partial charge in [0.05, 0.1) is 26.3 Å². The molecule has 0 spiro atoms. The number of halogens is 1. The zero-order valence-electron chi connectivity index (χ0n) is 15.2. The van der Waals surface area contributed by atoms with Crippen LogP contribution in [-0.2, 0) is 25.2 Å². The number of rotatable bonds is 5. The Morgan fingerprint density at radius 1 is 1.25 bits per heavy atom. The van der Waals surface area contributed by atoms with Gasteiger partial charge in [0, 0.05) is 12.1 Å². The number of hydrogen-bond donors (Lipinski definition) is 1. The van der Waals surface area contributed by atoms with Gasteiger partial charge in [-0.3, -0.25) is 9.59 Å². The molecular weight excluding hydrogens is 389 g/mol. The molecular formula is C18H22FN3O5S. The summed E-state index contributed by atoms with van der Waals surface area (Å²) in [6, 6.07) is 5.46. The van der Waals surface area contributed by atoms with Crippen molar-refractivity contribution >= 4 is 21.8 Å². The van der Waals surface area contributed by atoms with Gasteiger partial charge in [0.15, 0.2) is 5.67 Å². The highest BCUT2D eigenvalue weighted by Crippen LogP contribution is 2.39. The molecule has 0 aliphatic carbocycles. The Kier molecular flexibility index (Phi) is 4.67. The van der Waals surface area contributed by atoms with Gasteiger partial charge in [-0.2, -0.15) is 4.31 Å². The molecule has 0 radical (unpaired) electrons. The number of sulfonamides is 1. The van der Waals surface area contributed by atoms with Crippen LogP contribution in [0.5, 0.6) is 0 Å². The van der Waals surface area contributed by atoms with Crippen molar-refractivity contribution in [2.24, 2.45) is 5.73 Å². The number of carbonyl (C=O) groups is 2. The van der Waals surface area contributed by atoms with Gasteiger partial charge in [-0.25, -0.2) is 12.8 Å².